The summed E-state index contributed by atoms with van der Waals surface area (Å²) in [6.45, 7) is 8.52. The van der Waals surface area contributed by atoms with Crippen molar-refractivity contribution in [2.24, 2.45) is 0 Å². The Bertz CT molecular complexity index is 1060. The van der Waals surface area contributed by atoms with Crippen LogP contribution < -0.4 is 10.6 Å². The first-order chi connectivity index (χ1) is 15.4. The number of anilines is 2. The van der Waals surface area contributed by atoms with Crippen LogP contribution in [0.15, 0.2) is 24.5 Å². The number of carbonyl (C=O) groups is 1. The summed E-state index contributed by atoms with van der Waals surface area (Å²) < 4.78 is 18.6. The van der Waals surface area contributed by atoms with Crippen LogP contribution in [0.5, 0.6) is 0 Å². The van der Waals surface area contributed by atoms with Crippen molar-refractivity contribution in [1.29, 1.82) is 0 Å². The van der Waals surface area contributed by atoms with Gasteiger partial charge in [0.2, 0.25) is 0 Å². The average Bonchev–Trinajstić information content (AvgIpc) is 3.45. The number of fused-ring (bicyclic) bond motifs is 1. The number of hydrogen-bond acceptors (Lipinski definition) is 8. The zero-order valence-electron chi connectivity index (χ0n) is 18.7. The van der Waals surface area contributed by atoms with Gasteiger partial charge < -0.3 is 24.8 Å². The molecule has 11 heteroatoms. The largest absolute Gasteiger partial charge is 0.444 e. The molecule has 3 N–H and O–H groups in total. The van der Waals surface area contributed by atoms with Gasteiger partial charge in [0.25, 0.3) is 0 Å². The van der Waals surface area contributed by atoms with Crippen LogP contribution in [0.2, 0.25) is 0 Å². The van der Waals surface area contributed by atoms with Gasteiger partial charge in [0, 0.05) is 30.9 Å². The Balaban J connectivity index is 1.39. The fourth-order valence-electron chi connectivity index (χ4n) is 3.40. The highest BCUT2D eigenvalue weighted by Gasteiger charge is 2.31. The minimum Gasteiger partial charge on any atom is -0.444 e. The van der Waals surface area contributed by atoms with E-state index in [1.807, 2.05) is 39.8 Å². The third-order valence-electron chi connectivity index (χ3n) is 4.84. The number of alkyl carbamates (subject to hydrolysis) is 1. The summed E-state index contributed by atoms with van der Waals surface area (Å²) in [5.41, 5.74) is 2.44. The number of amides is 1. The summed E-state index contributed by atoms with van der Waals surface area (Å²) in [4.78, 5) is 16.2. The van der Waals surface area contributed by atoms with E-state index in [1.165, 1.54) is 0 Å². The van der Waals surface area contributed by atoms with Crippen LogP contribution in [0, 0.1) is 0 Å². The second-order valence-corrected chi connectivity index (χ2v) is 8.32. The third-order valence-corrected chi connectivity index (χ3v) is 4.84. The Hall–Kier alpha value is -3.18. The zero-order valence-corrected chi connectivity index (χ0v) is 18.7. The van der Waals surface area contributed by atoms with E-state index in [1.54, 1.807) is 16.9 Å². The van der Waals surface area contributed by atoms with Gasteiger partial charge in [-0.1, -0.05) is 0 Å². The van der Waals surface area contributed by atoms with E-state index in [-0.39, 0.29) is 24.4 Å². The van der Waals surface area contributed by atoms with Gasteiger partial charge in [-0.05, 0) is 33.8 Å². The molecule has 0 aromatic carbocycles. The van der Waals surface area contributed by atoms with Gasteiger partial charge in [-0.3, -0.25) is 5.10 Å². The standard InChI is InChI=1S/C21H29N7O4/c1-12(2)23-21(29)32-15-8-18(31-11-15)16-9-19(26-25-16)24-20-17-7-14(10-30-13(3)4)27-28(17)6-5-22-20/h5-7,9,12-13,15,18H,8,10-11H2,1-4H3,(H,23,29)(H2,22,24,25,26)/t15-,18-/m1/s1. The maximum atomic E-state index is 11.8. The summed E-state index contributed by atoms with van der Waals surface area (Å²) in [6.07, 6.45) is 3.19. The first kappa shape index (κ1) is 22.0. The molecule has 0 unspecified atom stereocenters. The van der Waals surface area contributed by atoms with Crippen LogP contribution in [0.3, 0.4) is 0 Å². The maximum absolute atomic E-state index is 11.8. The van der Waals surface area contributed by atoms with E-state index in [0.29, 0.717) is 31.3 Å². The van der Waals surface area contributed by atoms with Crippen molar-refractivity contribution in [3.8, 4) is 0 Å². The lowest BCUT2D eigenvalue weighted by Gasteiger charge is -2.13. The summed E-state index contributed by atoms with van der Waals surface area (Å²) >= 11 is 0. The van der Waals surface area contributed by atoms with Gasteiger partial charge in [-0.2, -0.15) is 10.2 Å². The zero-order chi connectivity index (χ0) is 22.7. The second-order valence-electron chi connectivity index (χ2n) is 8.32. The Labute approximate surface area is 185 Å². The molecule has 32 heavy (non-hydrogen) atoms. The van der Waals surface area contributed by atoms with Crippen molar-refractivity contribution in [1.82, 2.24) is 30.1 Å². The number of nitrogens with zero attached hydrogens (tertiary/aromatic N) is 4. The molecule has 11 nitrogen and oxygen atoms in total. The molecule has 1 aliphatic heterocycles. The molecule has 1 fully saturated rings. The number of hydrogen-bond donors (Lipinski definition) is 3. The fourth-order valence-corrected chi connectivity index (χ4v) is 3.40. The number of H-pyrrole nitrogens is 1. The molecule has 0 aliphatic carbocycles. The second kappa shape index (κ2) is 9.53. The van der Waals surface area contributed by atoms with Gasteiger partial charge >= 0.3 is 6.09 Å². The molecule has 2 atom stereocenters. The number of rotatable bonds is 8. The lowest BCUT2D eigenvalue weighted by atomic mass is 10.1. The molecule has 0 bridgehead atoms. The molecular weight excluding hydrogens is 414 g/mol. The topological polar surface area (TPSA) is 128 Å². The molecule has 1 saturated heterocycles. The summed E-state index contributed by atoms with van der Waals surface area (Å²) in [7, 11) is 0. The lowest BCUT2D eigenvalue weighted by molar-refractivity contribution is 0.0634. The minimum absolute atomic E-state index is 0.0227. The Morgan fingerprint density at radius 2 is 2.19 bits per heavy atom. The molecule has 1 aliphatic rings. The van der Waals surface area contributed by atoms with Gasteiger partial charge in [0.15, 0.2) is 11.6 Å². The summed E-state index contributed by atoms with van der Waals surface area (Å²) in [6, 6.07) is 3.83. The molecule has 4 rings (SSSR count). The number of nitrogens with one attached hydrogen (secondary N) is 3. The van der Waals surface area contributed by atoms with Crippen molar-refractivity contribution in [3.05, 3.63) is 35.9 Å². The van der Waals surface area contributed by atoms with Gasteiger partial charge in [-0.15, -0.1) is 0 Å². The van der Waals surface area contributed by atoms with Crippen LogP contribution in [0.25, 0.3) is 5.52 Å². The van der Waals surface area contributed by atoms with Crippen molar-refractivity contribution in [2.75, 3.05) is 11.9 Å². The van der Waals surface area contributed by atoms with E-state index in [9.17, 15) is 4.79 Å². The highest BCUT2D eigenvalue weighted by Crippen LogP contribution is 2.31. The SMILES string of the molecule is CC(C)NC(=O)O[C@H]1CO[C@@H](c2cc(Nc3nccn4nc(COC(C)C)cc34)n[nH]2)C1. The molecule has 172 valence electrons. The van der Waals surface area contributed by atoms with Crippen LogP contribution in [-0.4, -0.2) is 55.7 Å². The van der Waals surface area contributed by atoms with Crippen LogP contribution >= 0.6 is 0 Å². The predicted octanol–water partition coefficient (Wildman–Crippen LogP) is 3.09. The van der Waals surface area contributed by atoms with Gasteiger partial charge in [0.05, 0.1) is 30.7 Å². The fraction of sp³-hybridized carbons (Fsp3) is 0.524. The molecule has 0 saturated carbocycles. The van der Waals surface area contributed by atoms with E-state index in [2.05, 4.69) is 30.9 Å². The van der Waals surface area contributed by atoms with E-state index >= 15 is 0 Å². The van der Waals surface area contributed by atoms with Crippen molar-refractivity contribution >= 4 is 23.2 Å². The van der Waals surface area contributed by atoms with E-state index < -0.39 is 6.09 Å². The Morgan fingerprint density at radius 3 is 2.97 bits per heavy atom. The van der Waals surface area contributed by atoms with Gasteiger partial charge in [-0.25, -0.2) is 14.3 Å². The van der Waals surface area contributed by atoms with Crippen LogP contribution in [-0.2, 0) is 20.8 Å². The maximum Gasteiger partial charge on any atom is 0.407 e. The van der Waals surface area contributed by atoms with Crippen molar-refractivity contribution < 1.29 is 19.0 Å². The number of aromatic nitrogens is 5. The lowest BCUT2D eigenvalue weighted by Crippen LogP contribution is -2.33. The monoisotopic (exact) mass is 443 g/mol. The van der Waals surface area contributed by atoms with Crippen molar-refractivity contribution in [2.45, 2.75) is 65.1 Å². The summed E-state index contributed by atoms with van der Waals surface area (Å²) in [5.74, 6) is 1.24. The molecule has 1 amide bonds. The van der Waals surface area contributed by atoms with Gasteiger partial charge in [0.1, 0.15) is 17.7 Å². The first-order valence-corrected chi connectivity index (χ1v) is 10.7. The molecule has 3 aromatic heterocycles. The molecule has 0 spiro atoms. The first-order valence-electron chi connectivity index (χ1n) is 10.7. The summed E-state index contributed by atoms with van der Waals surface area (Å²) in [5, 5.41) is 17.8. The normalized spacial score (nSPS) is 18.6. The number of carbonyl (C=O) groups excluding carboxylic acids is 1. The van der Waals surface area contributed by atoms with Crippen LogP contribution in [0.1, 0.15) is 51.6 Å². The molecule has 4 heterocycles. The van der Waals surface area contributed by atoms with Crippen LogP contribution in [0.4, 0.5) is 16.4 Å². The molecule has 0 radical (unpaired) electrons. The highest BCUT2D eigenvalue weighted by atomic mass is 16.6. The molecular formula is C21H29N7O4. The Kier molecular flexibility index (Phi) is 6.56. The van der Waals surface area contributed by atoms with E-state index in [0.717, 1.165) is 16.9 Å². The van der Waals surface area contributed by atoms with Crippen molar-refractivity contribution in [3.63, 3.8) is 0 Å². The minimum atomic E-state index is -0.431. The highest BCUT2D eigenvalue weighted by molar-refractivity contribution is 5.72. The quantitative estimate of drug-likeness (QED) is 0.485. The molecule has 3 aromatic rings. The average molecular weight is 444 g/mol. The number of ether oxygens (including phenoxy) is 3. The Morgan fingerprint density at radius 1 is 1.34 bits per heavy atom. The third kappa shape index (κ3) is 5.35. The van der Waals surface area contributed by atoms with E-state index in [4.69, 9.17) is 14.2 Å². The smallest absolute Gasteiger partial charge is 0.407 e. The predicted molar refractivity (Wildman–Crippen MR) is 117 cm³/mol. The number of aromatic amines is 1.